The molecule has 8 heteroatoms. The van der Waals surface area contributed by atoms with Gasteiger partial charge >= 0.3 is 6.18 Å². The topological polar surface area (TPSA) is 86.9 Å². The molecule has 102 valence electrons. The molecular formula is C11H11F3N4O. The second-order valence-electron chi connectivity index (χ2n) is 4.12. The second-order valence-corrected chi connectivity index (χ2v) is 4.12. The van der Waals surface area contributed by atoms with Crippen LogP contribution in [0.25, 0.3) is 11.0 Å². The number of hydrogen-bond donors (Lipinski definition) is 2. The van der Waals surface area contributed by atoms with Crippen molar-refractivity contribution in [1.82, 2.24) is 9.55 Å². The van der Waals surface area contributed by atoms with E-state index >= 15 is 0 Å². The summed E-state index contributed by atoms with van der Waals surface area (Å²) in [5, 5.41) is 0. The minimum absolute atomic E-state index is 0.0550. The maximum Gasteiger partial charge on any atom is 0.416 e. The van der Waals surface area contributed by atoms with Gasteiger partial charge in [0.2, 0.25) is 11.9 Å². The van der Waals surface area contributed by atoms with Gasteiger partial charge in [0.15, 0.2) is 0 Å². The van der Waals surface area contributed by atoms with Crippen molar-refractivity contribution >= 4 is 22.9 Å². The van der Waals surface area contributed by atoms with E-state index in [1.165, 1.54) is 17.6 Å². The van der Waals surface area contributed by atoms with Gasteiger partial charge in [-0.05, 0) is 25.1 Å². The summed E-state index contributed by atoms with van der Waals surface area (Å²) in [5.41, 5.74) is 10.4. The van der Waals surface area contributed by atoms with E-state index in [2.05, 4.69) is 4.98 Å². The number of carbonyl (C=O) groups excluding carboxylic acids is 1. The zero-order valence-corrected chi connectivity index (χ0v) is 9.90. The van der Waals surface area contributed by atoms with Crippen molar-refractivity contribution in [3.8, 4) is 0 Å². The van der Waals surface area contributed by atoms with Crippen molar-refractivity contribution in [1.29, 1.82) is 0 Å². The van der Waals surface area contributed by atoms with Crippen molar-refractivity contribution in [3.05, 3.63) is 23.8 Å². The lowest BCUT2D eigenvalue weighted by Crippen LogP contribution is -2.24. The van der Waals surface area contributed by atoms with E-state index in [0.29, 0.717) is 5.52 Å². The Morgan fingerprint density at radius 1 is 1.42 bits per heavy atom. The van der Waals surface area contributed by atoms with Crippen LogP contribution in [0, 0.1) is 0 Å². The predicted molar refractivity (Wildman–Crippen MR) is 63.1 cm³/mol. The Bertz CT molecular complexity index is 647. The molecule has 1 aromatic carbocycles. The Morgan fingerprint density at radius 3 is 2.58 bits per heavy atom. The van der Waals surface area contributed by atoms with E-state index in [4.69, 9.17) is 11.5 Å². The fourth-order valence-electron chi connectivity index (χ4n) is 1.83. The molecule has 0 aliphatic rings. The van der Waals surface area contributed by atoms with Gasteiger partial charge in [0, 0.05) is 0 Å². The van der Waals surface area contributed by atoms with Crippen molar-refractivity contribution in [2.45, 2.75) is 19.1 Å². The van der Waals surface area contributed by atoms with Crippen LogP contribution < -0.4 is 11.5 Å². The maximum atomic E-state index is 12.6. The molecule has 19 heavy (non-hydrogen) atoms. The van der Waals surface area contributed by atoms with Gasteiger partial charge in [0.25, 0.3) is 0 Å². The van der Waals surface area contributed by atoms with Gasteiger partial charge in [-0.1, -0.05) is 0 Å². The highest BCUT2D eigenvalue weighted by molar-refractivity contribution is 5.85. The number of benzene rings is 1. The lowest BCUT2D eigenvalue weighted by Gasteiger charge is -2.12. The number of imidazole rings is 1. The lowest BCUT2D eigenvalue weighted by molar-refractivity contribution is -0.137. The molecule has 1 aromatic heterocycles. The highest BCUT2D eigenvalue weighted by Crippen LogP contribution is 2.32. The fraction of sp³-hybridized carbons (Fsp3) is 0.273. The summed E-state index contributed by atoms with van der Waals surface area (Å²) >= 11 is 0. The number of carbonyl (C=O) groups is 1. The molecule has 5 nitrogen and oxygen atoms in total. The average molecular weight is 272 g/mol. The van der Waals surface area contributed by atoms with Crippen molar-refractivity contribution in [2.24, 2.45) is 5.73 Å². The molecule has 0 radical (unpaired) electrons. The number of hydrogen-bond acceptors (Lipinski definition) is 3. The number of rotatable bonds is 2. The molecule has 0 aliphatic heterocycles. The Hall–Kier alpha value is -2.25. The van der Waals surface area contributed by atoms with Crippen LogP contribution in [0.5, 0.6) is 0 Å². The smallest absolute Gasteiger partial charge is 0.369 e. The van der Waals surface area contributed by atoms with Gasteiger partial charge in [0.1, 0.15) is 6.04 Å². The monoisotopic (exact) mass is 272 g/mol. The molecular weight excluding hydrogens is 261 g/mol. The van der Waals surface area contributed by atoms with Crippen LogP contribution in [0.3, 0.4) is 0 Å². The molecule has 0 aliphatic carbocycles. The van der Waals surface area contributed by atoms with E-state index in [0.717, 1.165) is 12.1 Å². The van der Waals surface area contributed by atoms with Gasteiger partial charge in [-0.2, -0.15) is 13.2 Å². The quantitative estimate of drug-likeness (QED) is 0.872. The molecule has 2 rings (SSSR count). The Balaban J connectivity index is 2.64. The zero-order chi connectivity index (χ0) is 14.4. The predicted octanol–water partition coefficient (Wildman–Crippen LogP) is 1.68. The molecule has 1 heterocycles. The lowest BCUT2D eigenvalue weighted by atomic mass is 10.2. The normalized spacial score (nSPS) is 13.7. The standard InChI is InChI=1S/C11H11F3N4O/c1-5(9(15)19)18-8-3-2-6(11(12,13)14)4-7(8)17-10(18)16/h2-5H,1H3,(H2,15,19)(H2,16,17)/t5-/m0/s1. The first-order valence-corrected chi connectivity index (χ1v) is 5.36. The van der Waals surface area contributed by atoms with Crippen LogP contribution in [0.1, 0.15) is 18.5 Å². The number of anilines is 1. The van der Waals surface area contributed by atoms with E-state index in [9.17, 15) is 18.0 Å². The van der Waals surface area contributed by atoms with Gasteiger partial charge < -0.3 is 11.5 Å². The van der Waals surface area contributed by atoms with E-state index in [-0.39, 0.29) is 11.5 Å². The molecule has 0 bridgehead atoms. The van der Waals surface area contributed by atoms with Crippen LogP contribution in [0.4, 0.5) is 19.1 Å². The first-order valence-electron chi connectivity index (χ1n) is 5.36. The number of aromatic nitrogens is 2. The third kappa shape index (κ3) is 2.20. The summed E-state index contributed by atoms with van der Waals surface area (Å²) in [6, 6.07) is 2.23. The summed E-state index contributed by atoms with van der Waals surface area (Å²) in [5.74, 6) is -0.702. The number of primary amides is 1. The van der Waals surface area contributed by atoms with Crippen LogP contribution in [0.2, 0.25) is 0 Å². The first-order chi connectivity index (χ1) is 8.71. The molecule has 4 N–H and O–H groups in total. The molecule has 0 saturated heterocycles. The number of amides is 1. The minimum Gasteiger partial charge on any atom is -0.369 e. The summed E-state index contributed by atoms with van der Waals surface area (Å²) in [6.45, 7) is 1.50. The van der Waals surface area contributed by atoms with Crippen LogP contribution in [0.15, 0.2) is 18.2 Å². The second kappa shape index (κ2) is 4.15. The number of alkyl halides is 3. The van der Waals surface area contributed by atoms with E-state index < -0.39 is 23.7 Å². The van der Waals surface area contributed by atoms with Crippen LogP contribution in [-0.4, -0.2) is 15.5 Å². The first kappa shape index (κ1) is 13.2. The molecule has 0 unspecified atom stereocenters. The third-order valence-electron chi connectivity index (χ3n) is 2.84. The number of halogens is 3. The molecule has 0 spiro atoms. The maximum absolute atomic E-state index is 12.6. The Morgan fingerprint density at radius 2 is 2.05 bits per heavy atom. The summed E-state index contributed by atoms with van der Waals surface area (Å²) < 4.78 is 39.0. The molecule has 0 fully saturated rings. The van der Waals surface area contributed by atoms with Crippen molar-refractivity contribution in [3.63, 3.8) is 0 Å². The highest BCUT2D eigenvalue weighted by Gasteiger charge is 2.31. The van der Waals surface area contributed by atoms with Gasteiger partial charge in [0.05, 0.1) is 16.6 Å². The van der Waals surface area contributed by atoms with Crippen LogP contribution >= 0.6 is 0 Å². The number of nitrogen functional groups attached to an aromatic ring is 1. The Labute approximate surface area is 106 Å². The molecule has 1 amide bonds. The van der Waals surface area contributed by atoms with Gasteiger partial charge in [-0.3, -0.25) is 9.36 Å². The number of nitrogens with zero attached hydrogens (tertiary/aromatic N) is 2. The molecule has 0 saturated carbocycles. The fourth-order valence-corrected chi connectivity index (χ4v) is 1.83. The van der Waals surface area contributed by atoms with Gasteiger partial charge in [-0.15, -0.1) is 0 Å². The van der Waals surface area contributed by atoms with Crippen molar-refractivity contribution < 1.29 is 18.0 Å². The highest BCUT2D eigenvalue weighted by atomic mass is 19.4. The summed E-state index contributed by atoms with van der Waals surface area (Å²) in [4.78, 5) is 15.0. The molecule has 2 aromatic rings. The summed E-state index contributed by atoms with van der Waals surface area (Å²) in [6.07, 6.45) is -4.46. The van der Waals surface area contributed by atoms with Crippen LogP contribution in [-0.2, 0) is 11.0 Å². The van der Waals surface area contributed by atoms with Crippen molar-refractivity contribution in [2.75, 3.05) is 5.73 Å². The molecule has 1 atom stereocenters. The largest absolute Gasteiger partial charge is 0.416 e. The van der Waals surface area contributed by atoms with E-state index in [1.807, 2.05) is 0 Å². The number of fused-ring (bicyclic) bond motifs is 1. The van der Waals surface area contributed by atoms with Gasteiger partial charge in [-0.25, -0.2) is 4.98 Å². The minimum atomic E-state index is -4.46. The summed E-state index contributed by atoms with van der Waals surface area (Å²) in [7, 11) is 0. The van der Waals surface area contributed by atoms with E-state index in [1.54, 1.807) is 0 Å². The third-order valence-corrected chi connectivity index (χ3v) is 2.84. The SMILES string of the molecule is C[C@@H](C(N)=O)n1c(N)nc2cc(C(F)(F)F)ccc21. The average Bonchev–Trinajstić information content (AvgIpc) is 2.61. The Kier molecular flexibility index (Phi) is 2.88. The number of nitrogens with two attached hydrogens (primary N) is 2. The zero-order valence-electron chi connectivity index (χ0n) is 9.90.